The number of hydrogen-bond acceptors (Lipinski definition) is 7. The molecule has 0 amide bonds. The zero-order valence-corrected chi connectivity index (χ0v) is 17.2. The third kappa shape index (κ3) is 4.62. The molecule has 0 unspecified atom stereocenters. The number of anilines is 2. The molecule has 0 atom stereocenters. The number of nitrogens with one attached hydrogen (secondary N) is 2. The number of allylic oxidation sites excluding steroid dienone is 2. The van der Waals surface area contributed by atoms with E-state index >= 15 is 0 Å². The minimum Gasteiger partial charge on any atom is -0.508 e. The van der Waals surface area contributed by atoms with Gasteiger partial charge in [-0.25, -0.2) is 4.99 Å². The zero-order chi connectivity index (χ0) is 22.7. The van der Waals surface area contributed by atoms with E-state index in [-0.39, 0.29) is 23.0 Å². The Kier molecular flexibility index (Phi) is 5.63. The van der Waals surface area contributed by atoms with Crippen LogP contribution in [0, 0.1) is 0 Å². The van der Waals surface area contributed by atoms with Gasteiger partial charge in [0.15, 0.2) is 0 Å². The predicted molar refractivity (Wildman–Crippen MR) is 124 cm³/mol. The molecule has 5 N–H and O–H groups in total. The highest BCUT2D eigenvalue weighted by Crippen LogP contribution is 2.28. The van der Waals surface area contributed by atoms with Crippen molar-refractivity contribution < 1.29 is 20.1 Å². The van der Waals surface area contributed by atoms with Crippen molar-refractivity contribution in [1.29, 1.82) is 0 Å². The summed E-state index contributed by atoms with van der Waals surface area (Å²) in [5, 5.41) is 34.9. The van der Waals surface area contributed by atoms with E-state index in [4.69, 9.17) is 4.99 Å². The molecule has 0 aliphatic heterocycles. The molecule has 7 nitrogen and oxygen atoms in total. The number of hydrogen-bond donors (Lipinski definition) is 5. The van der Waals surface area contributed by atoms with E-state index in [0.717, 1.165) is 0 Å². The normalized spacial score (nSPS) is 15.0. The van der Waals surface area contributed by atoms with Gasteiger partial charge in [-0.3, -0.25) is 4.79 Å². The molecule has 32 heavy (non-hydrogen) atoms. The highest BCUT2D eigenvalue weighted by Gasteiger charge is 2.25. The standard InChI is InChI=1S/C25H21N3O4/c1-15-24(27-17-4-10-20(30)11-5-17)22(26-16-2-8-19(29)9-3-16)14-23(32)25(15)28-18-6-12-21(31)13-7-18/h2-14,26,28-31H,1H3/b27-24-. The molecule has 1 aliphatic carbocycles. The number of rotatable bonds is 5. The Morgan fingerprint density at radius 1 is 0.688 bits per heavy atom. The molecule has 0 spiro atoms. The van der Waals surface area contributed by atoms with Crippen molar-refractivity contribution in [3.63, 3.8) is 0 Å². The van der Waals surface area contributed by atoms with Crippen molar-refractivity contribution in [1.82, 2.24) is 0 Å². The zero-order valence-electron chi connectivity index (χ0n) is 17.2. The van der Waals surface area contributed by atoms with Gasteiger partial charge < -0.3 is 26.0 Å². The minimum absolute atomic E-state index is 0.131. The Hall–Kier alpha value is -4.52. The third-order valence-corrected chi connectivity index (χ3v) is 4.88. The average Bonchev–Trinajstić information content (AvgIpc) is 2.78. The maximum atomic E-state index is 13.0. The van der Waals surface area contributed by atoms with E-state index in [2.05, 4.69) is 10.6 Å². The number of aromatic hydroxyl groups is 3. The second-order valence-corrected chi connectivity index (χ2v) is 7.24. The van der Waals surface area contributed by atoms with Crippen LogP contribution >= 0.6 is 0 Å². The molecule has 0 bridgehead atoms. The van der Waals surface area contributed by atoms with E-state index in [1.807, 2.05) is 0 Å². The third-order valence-electron chi connectivity index (χ3n) is 4.88. The average molecular weight is 427 g/mol. The van der Waals surface area contributed by atoms with Crippen LogP contribution < -0.4 is 10.6 Å². The van der Waals surface area contributed by atoms with Crippen molar-refractivity contribution in [3.8, 4) is 17.2 Å². The summed E-state index contributed by atoms with van der Waals surface area (Å²) in [5.41, 5.74) is 3.98. The highest BCUT2D eigenvalue weighted by atomic mass is 16.3. The highest BCUT2D eigenvalue weighted by molar-refractivity contribution is 6.26. The smallest absolute Gasteiger partial charge is 0.204 e. The number of ketones is 1. The topological polar surface area (TPSA) is 114 Å². The van der Waals surface area contributed by atoms with Crippen LogP contribution in [0.1, 0.15) is 6.92 Å². The first-order chi connectivity index (χ1) is 15.4. The summed E-state index contributed by atoms with van der Waals surface area (Å²) in [5.74, 6) is 0.166. The second kappa shape index (κ2) is 8.69. The monoisotopic (exact) mass is 427 g/mol. The number of carbonyl (C=O) groups excluding carboxylic acids is 1. The predicted octanol–water partition coefficient (Wildman–Crippen LogP) is 4.84. The van der Waals surface area contributed by atoms with Gasteiger partial charge in [0.25, 0.3) is 0 Å². The SMILES string of the molecule is CC1=C(Nc2ccc(O)cc2)C(=O)C=C(Nc2ccc(O)cc2)/C1=N\c1ccc(O)cc1. The second-order valence-electron chi connectivity index (χ2n) is 7.24. The fraction of sp³-hybridized carbons (Fsp3) is 0.0400. The molecular weight excluding hydrogens is 406 g/mol. The van der Waals surface area contributed by atoms with Gasteiger partial charge in [-0.15, -0.1) is 0 Å². The van der Waals surface area contributed by atoms with Crippen molar-refractivity contribution in [2.75, 3.05) is 10.6 Å². The molecule has 0 fully saturated rings. The summed E-state index contributed by atoms with van der Waals surface area (Å²) in [6.07, 6.45) is 1.46. The molecule has 0 saturated carbocycles. The molecular formula is C25H21N3O4. The summed E-state index contributed by atoms with van der Waals surface area (Å²) >= 11 is 0. The van der Waals surface area contributed by atoms with E-state index in [1.165, 1.54) is 18.2 Å². The lowest BCUT2D eigenvalue weighted by Gasteiger charge is -2.22. The Labute approximate surface area is 184 Å². The van der Waals surface area contributed by atoms with Gasteiger partial charge in [0.05, 0.1) is 22.8 Å². The van der Waals surface area contributed by atoms with E-state index < -0.39 is 0 Å². The molecule has 0 radical (unpaired) electrons. The van der Waals surface area contributed by atoms with Crippen LogP contribution in [0.5, 0.6) is 17.2 Å². The van der Waals surface area contributed by atoms with E-state index in [1.54, 1.807) is 67.6 Å². The Morgan fingerprint density at radius 2 is 1.16 bits per heavy atom. The lowest BCUT2D eigenvalue weighted by molar-refractivity contribution is -0.111. The molecule has 7 heteroatoms. The lowest BCUT2D eigenvalue weighted by atomic mass is 9.96. The van der Waals surface area contributed by atoms with Crippen LogP contribution in [-0.2, 0) is 4.79 Å². The van der Waals surface area contributed by atoms with Crippen LogP contribution in [0.4, 0.5) is 17.1 Å². The first-order valence-corrected chi connectivity index (χ1v) is 9.86. The molecule has 0 heterocycles. The van der Waals surface area contributed by atoms with Gasteiger partial charge in [0.2, 0.25) is 5.78 Å². The largest absolute Gasteiger partial charge is 0.508 e. The Bertz CT molecular complexity index is 1240. The summed E-state index contributed by atoms with van der Waals surface area (Å²) in [6.45, 7) is 1.80. The van der Waals surface area contributed by atoms with Gasteiger partial charge in [-0.1, -0.05) is 0 Å². The van der Waals surface area contributed by atoms with Crippen LogP contribution in [0.2, 0.25) is 0 Å². The number of phenols is 3. The van der Waals surface area contributed by atoms with Gasteiger partial charge in [0.1, 0.15) is 17.2 Å². The maximum absolute atomic E-state index is 13.0. The minimum atomic E-state index is -0.235. The lowest BCUT2D eigenvalue weighted by Crippen LogP contribution is -2.25. The number of aliphatic imine (C=N–C) groups is 1. The Morgan fingerprint density at radius 3 is 1.69 bits per heavy atom. The van der Waals surface area contributed by atoms with Gasteiger partial charge in [0, 0.05) is 23.0 Å². The first kappa shape index (κ1) is 20.7. The molecule has 0 aromatic heterocycles. The summed E-state index contributed by atoms with van der Waals surface area (Å²) in [7, 11) is 0. The van der Waals surface area contributed by atoms with Crippen LogP contribution in [0.3, 0.4) is 0 Å². The molecule has 3 aromatic carbocycles. The number of nitrogens with zero attached hydrogens (tertiary/aromatic N) is 1. The fourth-order valence-electron chi connectivity index (χ4n) is 3.22. The van der Waals surface area contributed by atoms with E-state index in [9.17, 15) is 20.1 Å². The number of benzene rings is 3. The molecule has 160 valence electrons. The van der Waals surface area contributed by atoms with E-state index in [0.29, 0.717) is 39.7 Å². The fourth-order valence-corrected chi connectivity index (χ4v) is 3.22. The van der Waals surface area contributed by atoms with Crippen molar-refractivity contribution in [3.05, 3.63) is 95.8 Å². The number of phenolic OH excluding ortho intramolecular Hbond substituents is 3. The summed E-state index contributed by atoms with van der Waals surface area (Å²) in [6, 6.07) is 19.3. The van der Waals surface area contributed by atoms with Crippen LogP contribution in [0.25, 0.3) is 0 Å². The van der Waals surface area contributed by atoms with Crippen molar-refractivity contribution >= 4 is 28.6 Å². The maximum Gasteiger partial charge on any atom is 0.204 e. The van der Waals surface area contributed by atoms with Crippen LogP contribution in [0.15, 0.2) is 101 Å². The number of carbonyl (C=O) groups is 1. The van der Waals surface area contributed by atoms with Crippen molar-refractivity contribution in [2.45, 2.75) is 6.92 Å². The molecule has 3 aromatic rings. The van der Waals surface area contributed by atoms with Crippen molar-refractivity contribution in [2.24, 2.45) is 4.99 Å². The van der Waals surface area contributed by atoms with Crippen LogP contribution in [-0.4, -0.2) is 26.8 Å². The van der Waals surface area contributed by atoms with Gasteiger partial charge in [-0.05, 0) is 79.7 Å². The van der Waals surface area contributed by atoms with Gasteiger partial charge >= 0.3 is 0 Å². The van der Waals surface area contributed by atoms with Gasteiger partial charge in [-0.2, -0.15) is 0 Å². The Balaban J connectivity index is 1.74. The molecule has 1 aliphatic rings. The summed E-state index contributed by atoms with van der Waals surface area (Å²) < 4.78 is 0. The molecule has 0 saturated heterocycles. The molecule has 4 rings (SSSR count). The first-order valence-electron chi connectivity index (χ1n) is 9.86. The quantitative estimate of drug-likeness (QED) is 0.294. The summed E-state index contributed by atoms with van der Waals surface area (Å²) in [4.78, 5) is 17.7.